The maximum absolute atomic E-state index is 13.6. The van der Waals surface area contributed by atoms with Crippen molar-refractivity contribution in [3.8, 4) is 5.75 Å². The van der Waals surface area contributed by atoms with Gasteiger partial charge in [0.05, 0.1) is 18.4 Å². The molecule has 0 atom stereocenters. The van der Waals surface area contributed by atoms with Gasteiger partial charge in [0, 0.05) is 49.7 Å². The topological polar surface area (TPSA) is 73.9 Å². The first-order valence-corrected chi connectivity index (χ1v) is 14.7. The van der Waals surface area contributed by atoms with E-state index in [0.717, 1.165) is 54.4 Å². The number of anilines is 3. The van der Waals surface area contributed by atoms with E-state index in [0.29, 0.717) is 23.4 Å². The van der Waals surface area contributed by atoms with Crippen LogP contribution in [0.5, 0.6) is 5.75 Å². The number of benzene rings is 4. The van der Waals surface area contributed by atoms with Crippen molar-refractivity contribution in [2.75, 3.05) is 48.4 Å². The first-order valence-electron chi connectivity index (χ1n) is 14.7. The zero-order valence-corrected chi connectivity index (χ0v) is 25.4. The molecule has 43 heavy (non-hydrogen) atoms. The minimum Gasteiger partial charge on any atom is -0.495 e. The van der Waals surface area contributed by atoms with Gasteiger partial charge in [-0.15, -0.1) is 0 Å². The van der Waals surface area contributed by atoms with E-state index >= 15 is 0 Å². The van der Waals surface area contributed by atoms with Crippen LogP contribution >= 0.6 is 0 Å². The molecule has 1 saturated heterocycles. The molecular weight excluding hydrogens is 536 g/mol. The highest BCUT2D eigenvalue weighted by Crippen LogP contribution is 2.31. The molecule has 4 aromatic rings. The third-order valence-electron chi connectivity index (χ3n) is 7.85. The summed E-state index contributed by atoms with van der Waals surface area (Å²) >= 11 is 0. The lowest BCUT2D eigenvalue weighted by Crippen LogP contribution is -2.47. The quantitative estimate of drug-likeness (QED) is 0.251. The third kappa shape index (κ3) is 7.17. The highest BCUT2D eigenvalue weighted by molar-refractivity contribution is 6.06. The van der Waals surface area contributed by atoms with E-state index in [4.69, 9.17) is 4.74 Å². The largest absolute Gasteiger partial charge is 0.495 e. The maximum atomic E-state index is 13.6. The molecule has 1 fully saturated rings. The standard InChI is InChI=1S/C36H40N4O3/c1-36(2,3)28-16-14-27(15-17-28)34(41)38-29-18-19-31(30(24-29)35(42)37-25-26-10-6-5-7-11-26)39-20-22-40(23-21-39)32-12-8-9-13-33(32)43-4/h5-19,24H,20-23,25H2,1-4H3,(H,37,42)(H,38,41). The smallest absolute Gasteiger partial charge is 0.255 e. The summed E-state index contributed by atoms with van der Waals surface area (Å²) in [6.07, 6.45) is 0. The molecule has 0 unspecified atom stereocenters. The van der Waals surface area contributed by atoms with Crippen molar-refractivity contribution in [2.24, 2.45) is 0 Å². The SMILES string of the molecule is COc1ccccc1N1CCN(c2ccc(NC(=O)c3ccc(C(C)(C)C)cc3)cc2C(=O)NCc2ccccc2)CC1. The molecule has 0 aliphatic carbocycles. The Kier molecular flexibility index (Phi) is 9.00. The molecule has 7 nitrogen and oxygen atoms in total. The van der Waals surface area contributed by atoms with Gasteiger partial charge in [-0.1, -0.05) is 75.4 Å². The van der Waals surface area contributed by atoms with Gasteiger partial charge in [0.1, 0.15) is 5.75 Å². The van der Waals surface area contributed by atoms with Crippen molar-refractivity contribution in [2.45, 2.75) is 32.7 Å². The second-order valence-electron chi connectivity index (χ2n) is 11.8. The summed E-state index contributed by atoms with van der Waals surface area (Å²) in [5, 5.41) is 6.07. The molecule has 0 bridgehead atoms. The third-order valence-corrected chi connectivity index (χ3v) is 7.85. The fourth-order valence-electron chi connectivity index (χ4n) is 5.35. The van der Waals surface area contributed by atoms with Gasteiger partial charge in [-0.2, -0.15) is 0 Å². The van der Waals surface area contributed by atoms with Gasteiger partial charge in [0.2, 0.25) is 0 Å². The number of carbonyl (C=O) groups excluding carboxylic acids is 2. The summed E-state index contributed by atoms with van der Waals surface area (Å²) in [6.45, 7) is 9.90. The first-order chi connectivity index (χ1) is 20.7. The summed E-state index contributed by atoms with van der Waals surface area (Å²) in [6, 6.07) is 31.1. The highest BCUT2D eigenvalue weighted by atomic mass is 16.5. The molecule has 0 radical (unpaired) electrons. The summed E-state index contributed by atoms with van der Waals surface area (Å²) in [5.74, 6) is 0.455. The zero-order chi connectivity index (χ0) is 30.4. The van der Waals surface area contributed by atoms with E-state index in [2.05, 4.69) is 47.3 Å². The summed E-state index contributed by atoms with van der Waals surface area (Å²) in [5.41, 5.74) is 5.78. The lowest BCUT2D eigenvalue weighted by atomic mass is 9.87. The Bertz CT molecular complexity index is 1550. The van der Waals surface area contributed by atoms with Crippen LogP contribution < -0.4 is 25.2 Å². The number of hydrogen-bond acceptors (Lipinski definition) is 5. The van der Waals surface area contributed by atoms with Crippen LogP contribution in [0.25, 0.3) is 0 Å². The molecule has 222 valence electrons. The number of carbonyl (C=O) groups is 2. The van der Waals surface area contributed by atoms with Crippen molar-refractivity contribution in [1.82, 2.24) is 5.32 Å². The monoisotopic (exact) mass is 576 g/mol. The molecule has 0 saturated carbocycles. The molecule has 2 N–H and O–H groups in total. The Balaban J connectivity index is 1.36. The van der Waals surface area contributed by atoms with E-state index in [1.54, 1.807) is 13.2 Å². The predicted octanol–water partition coefficient (Wildman–Crippen LogP) is 6.50. The van der Waals surface area contributed by atoms with Crippen molar-refractivity contribution in [3.05, 3.63) is 119 Å². The van der Waals surface area contributed by atoms with Crippen LogP contribution in [0.3, 0.4) is 0 Å². The Labute approximate surface area is 254 Å². The molecular formula is C36H40N4O3. The van der Waals surface area contributed by atoms with E-state index in [9.17, 15) is 9.59 Å². The minimum atomic E-state index is -0.214. The second kappa shape index (κ2) is 13.0. The van der Waals surface area contributed by atoms with Crippen LogP contribution in [0.4, 0.5) is 17.1 Å². The van der Waals surface area contributed by atoms with Gasteiger partial charge in [0.15, 0.2) is 0 Å². The second-order valence-corrected chi connectivity index (χ2v) is 11.8. The van der Waals surface area contributed by atoms with Crippen molar-refractivity contribution >= 4 is 28.9 Å². The number of piperazine rings is 1. The number of para-hydroxylation sites is 2. The van der Waals surface area contributed by atoms with Crippen LogP contribution in [-0.4, -0.2) is 45.1 Å². The number of rotatable bonds is 8. The molecule has 5 rings (SSSR count). The van der Waals surface area contributed by atoms with Gasteiger partial charge in [-0.05, 0) is 59.0 Å². The number of methoxy groups -OCH3 is 1. The van der Waals surface area contributed by atoms with Crippen molar-refractivity contribution in [3.63, 3.8) is 0 Å². The van der Waals surface area contributed by atoms with E-state index in [1.165, 1.54) is 0 Å². The Hall–Kier alpha value is -4.78. The van der Waals surface area contributed by atoms with Crippen LogP contribution in [0.15, 0.2) is 97.1 Å². The van der Waals surface area contributed by atoms with Crippen LogP contribution in [-0.2, 0) is 12.0 Å². The fraction of sp³-hybridized carbons (Fsp3) is 0.278. The van der Waals surface area contributed by atoms with Gasteiger partial charge < -0.3 is 25.2 Å². The Morgan fingerprint density at radius 3 is 2.02 bits per heavy atom. The average molecular weight is 577 g/mol. The first kappa shape index (κ1) is 29.7. The zero-order valence-electron chi connectivity index (χ0n) is 25.4. The molecule has 0 spiro atoms. The highest BCUT2D eigenvalue weighted by Gasteiger charge is 2.24. The molecule has 7 heteroatoms. The molecule has 2 amide bonds. The summed E-state index contributed by atoms with van der Waals surface area (Å²) in [4.78, 5) is 31.3. The lowest BCUT2D eigenvalue weighted by molar-refractivity contribution is 0.0950. The number of ether oxygens (including phenoxy) is 1. The van der Waals surface area contributed by atoms with Crippen molar-refractivity contribution < 1.29 is 14.3 Å². The van der Waals surface area contributed by atoms with E-state index in [1.807, 2.05) is 84.9 Å². The minimum absolute atomic E-state index is 0.00545. The van der Waals surface area contributed by atoms with Gasteiger partial charge in [-0.25, -0.2) is 0 Å². The summed E-state index contributed by atoms with van der Waals surface area (Å²) < 4.78 is 5.58. The maximum Gasteiger partial charge on any atom is 0.255 e. The van der Waals surface area contributed by atoms with Gasteiger partial charge in [-0.3, -0.25) is 9.59 Å². The van der Waals surface area contributed by atoms with Crippen LogP contribution in [0.2, 0.25) is 0 Å². The molecule has 1 aliphatic rings. The number of hydrogen-bond donors (Lipinski definition) is 2. The molecule has 1 heterocycles. The van der Waals surface area contributed by atoms with Crippen molar-refractivity contribution in [1.29, 1.82) is 0 Å². The Morgan fingerprint density at radius 2 is 1.37 bits per heavy atom. The Morgan fingerprint density at radius 1 is 0.744 bits per heavy atom. The van der Waals surface area contributed by atoms with E-state index < -0.39 is 0 Å². The number of nitrogens with zero attached hydrogens (tertiary/aromatic N) is 2. The lowest BCUT2D eigenvalue weighted by Gasteiger charge is -2.38. The fourth-order valence-corrected chi connectivity index (χ4v) is 5.35. The number of nitrogens with one attached hydrogen (secondary N) is 2. The average Bonchev–Trinajstić information content (AvgIpc) is 3.04. The molecule has 0 aromatic heterocycles. The molecule has 1 aliphatic heterocycles. The normalized spacial score (nSPS) is 13.4. The van der Waals surface area contributed by atoms with E-state index in [-0.39, 0.29) is 17.2 Å². The predicted molar refractivity (Wildman–Crippen MR) is 175 cm³/mol. The van der Waals surface area contributed by atoms with Crippen LogP contribution in [0, 0.1) is 0 Å². The van der Waals surface area contributed by atoms with Crippen LogP contribution in [0.1, 0.15) is 52.6 Å². The van der Waals surface area contributed by atoms with Gasteiger partial charge >= 0.3 is 0 Å². The summed E-state index contributed by atoms with van der Waals surface area (Å²) in [7, 11) is 1.69. The molecule has 4 aromatic carbocycles. The number of amides is 2. The van der Waals surface area contributed by atoms with Gasteiger partial charge in [0.25, 0.3) is 11.8 Å².